The van der Waals surface area contributed by atoms with Crippen molar-refractivity contribution in [3.8, 4) is 11.8 Å². The summed E-state index contributed by atoms with van der Waals surface area (Å²) in [7, 11) is -3.80. The zero-order valence-electron chi connectivity index (χ0n) is 18.9. The lowest BCUT2D eigenvalue weighted by Gasteiger charge is -2.50. The minimum absolute atomic E-state index is 0.149. The fourth-order valence-corrected chi connectivity index (χ4v) is 6.42. The van der Waals surface area contributed by atoms with Gasteiger partial charge in [-0.25, -0.2) is 17.5 Å². The maximum atomic E-state index is 14.8. The Hall–Kier alpha value is -2.14. The van der Waals surface area contributed by atoms with E-state index in [0.29, 0.717) is 23.1 Å². The minimum Gasteiger partial charge on any atom is -0.491 e. The fourth-order valence-electron chi connectivity index (χ4n) is 5.97. The van der Waals surface area contributed by atoms with Crippen molar-refractivity contribution in [1.29, 1.82) is 5.26 Å². The summed E-state index contributed by atoms with van der Waals surface area (Å²) in [6.07, 6.45) is 6.93. The summed E-state index contributed by atoms with van der Waals surface area (Å²) in [6, 6.07) is 5.18. The van der Waals surface area contributed by atoms with E-state index < -0.39 is 27.2 Å². The smallest absolute Gasteiger partial charge is 0.267 e. The third-order valence-corrected chi connectivity index (χ3v) is 8.21. The Balaban J connectivity index is 1.61. The van der Waals surface area contributed by atoms with Crippen molar-refractivity contribution in [2.45, 2.75) is 58.3 Å². The van der Waals surface area contributed by atoms with Crippen LogP contribution in [0, 0.1) is 46.2 Å². The maximum absolute atomic E-state index is 14.8. The number of ether oxygens (including phenoxy) is 1. The first kappa shape index (κ1) is 23.0. The number of nitriles is 1. The van der Waals surface area contributed by atoms with Crippen molar-refractivity contribution >= 4 is 15.9 Å². The molecule has 0 saturated heterocycles. The summed E-state index contributed by atoms with van der Waals surface area (Å²) in [6.45, 7) is 4.57. The molecule has 3 saturated carbocycles. The molecule has 6 nitrogen and oxygen atoms in total. The van der Waals surface area contributed by atoms with Crippen molar-refractivity contribution in [2.75, 3.05) is 12.9 Å². The number of halogens is 1. The lowest BCUT2D eigenvalue weighted by atomic mass is 9.53. The number of rotatable bonds is 6. The highest BCUT2D eigenvalue weighted by molar-refractivity contribution is 7.89. The van der Waals surface area contributed by atoms with E-state index in [1.807, 2.05) is 4.72 Å². The average molecular weight is 463 g/mol. The molecular formula is C24H31FN2O4S. The first-order valence-electron chi connectivity index (χ1n) is 11.4. The lowest BCUT2D eigenvalue weighted by Crippen LogP contribution is -2.49. The molecule has 0 radical (unpaired) electrons. The first-order chi connectivity index (χ1) is 15.0. The molecule has 1 aromatic rings. The minimum atomic E-state index is -3.80. The Labute approximate surface area is 189 Å². The van der Waals surface area contributed by atoms with Gasteiger partial charge in [0.25, 0.3) is 5.91 Å². The summed E-state index contributed by atoms with van der Waals surface area (Å²) in [4.78, 5) is 12.3. The van der Waals surface area contributed by atoms with Gasteiger partial charge >= 0.3 is 0 Å². The van der Waals surface area contributed by atoms with Crippen LogP contribution in [0.15, 0.2) is 12.1 Å². The van der Waals surface area contributed by atoms with Crippen molar-refractivity contribution in [3.05, 3.63) is 29.1 Å². The number of nitrogens with zero attached hydrogens (tertiary/aromatic N) is 1. The molecule has 0 aliphatic heterocycles. The molecule has 4 rings (SSSR count). The van der Waals surface area contributed by atoms with Gasteiger partial charge in [0.05, 0.1) is 23.3 Å². The summed E-state index contributed by atoms with van der Waals surface area (Å²) in [5.41, 5.74) is -0.222. The van der Waals surface area contributed by atoms with Gasteiger partial charge in [-0.15, -0.1) is 0 Å². The number of hydrogen-bond donors (Lipinski definition) is 1. The van der Waals surface area contributed by atoms with Crippen LogP contribution in [0.4, 0.5) is 4.39 Å². The zero-order chi connectivity index (χ0) is 23.3. The molecule has 0 aromatic heterocycles. The second kappa shape index (κ2) is 8.33. The Bertz CT molecular complexity index is 1060. The molecule has 2 bridgehead atoms. The average Bonchev–Trinajstić information content (AvgIpc) is 3.51. The SMILES string of the molecule is CC1CC2CC(C)C(C#N)(COc3cc(F)c(C(=O)NS(C)(=O)=O)cc3C3CC3)C(C1)C2. The van der Waals surface area contributed by atoms with E-state index in [1.54, 1.807) is 0 Å². The first-order valence-corrected chi connectivity index (χ1v) is 13.3. The van der Waals surface area contributed by atoms with Crippen LogP contribution >= 0.6 is 0 Å². The number of amides is 1. The Morgan fingerprint density at radius 2 is 1.97 bits per heavy atom. The van der Waals surface area contributed by atoms with Crippen LogP contribution in [-0.4, -0.2) is 27.2 Å². The Morgan fingerprint density at radius 1 is 1.25 bits per heavy atom. The predicted molar refractivity (Wildman–Crippen MR) is 118 cm³/mol. The molecule has 1 amide bonds. The normalized spacial score (nSPS) is 32.1. The number of fused-ring (bicyclic) bond motifs is 2. The number of sulfonamides is 1. The van der Waals surface area contributed by atoms with E-state index in [-0.39, 0.29) is 29.9 Å². The van der Waals surface area contributed by atoms with Gasteiger partial charge in [0.15, 0.2) is 0 Å². The fraction of sp³-hybridized carbons (Fsp3) is 0.667. The van der Waals surface area contributed by atoms with Gasteiger partial charge in [0, 0.05) is 6.07 Å². The molecule has 1 aromatic carbocycles. The number of carbonyl (C=O) groups is 1. The van der Waals surface area contributed by atoms with Crippen LogP contribution in [0.5, 0.6) is 5.75 Å². The van der Waals surface area contributed by atoms with Gasteiger partial charge in [-0.1, -0.05) is 13.8 Å². The monoisotopic (exact) mass is 462 g/mol. The molecule has 1 N–H and O–H groups in total. The molecule has 8 heteroatoms. The Morgan fingerprint density at radius 3 is 2.59 bits per heavy atom. The van der Waals surface area contributed by atoms with Crippen molar-refractivity contribution in [1.82, 2.24) is 4.72 Å². The lowest BCUT2D eigenvalue weighted by molar-refractivity contribution is -0.0285. The molecule has 0 heterocycles. The highest BCUT2D eigenvalue weighted by atomic mass is 32.2. The van der Waals surface area contributed by atoms with E-state index in [2.05, 4.69) is 19.9 Å². The molecule has 5 atom stereocenters. The summed E-state index contributed by atoms with van der Waals surface area (Å²) in [5.74, 6) is 0.384. The molecule has 0 spiro atoms. The molecule has 174 valence electrons. The third-order valence-electron chi connectivity index (χ3n) is 7.65. The van der Waals surface area contributed by atoms with Gasteiger partial charge in [0.1, 0.15) is 18.2 Å². The predicted octanol–water partition coefficient (Wildman–Crippen LogP) is 4.37. The second-order valence-electron chi connectivity index (χ2n) is 10.3. The number of hydrogen-bond acceptors (Lipinski definition) is 5. The van der Waals surface area contributed by atoms with E-state index in [4.69, 9.17) is 4.74 Å². The molecule has 3 aliphatic rings. The van der Waals surface area contributed by atoms with E-state index in [1.165, 1.54) is 18.6 Å². The highest BCUT2D eigenvalue weighted by Crippen LogP contribution is 2.55. The Kier molecular flexibility index (Phi) is 6.00. The van der Waals surface area contributed by atoms with Gasteiger partial charge in [-0.05, 0) is 79.7 Å². The van der Waals surface area contributed by atoms with Crippen LogP contribution < -0.4 is 9.46 Å². The quantitative estimate of drug-likeness (QED) is 0.677. The van der Waals surface area contributed by atoms with Gasteiger partial charge in [-0.2, -0.15) is 5.26 Å². The van der Waals surface area contributed by atoms with Crippen molar-refractivity contribution in [3.63, 3.8) is 0 Å². The van der Waals surface area contributed by atoms with Gasteiger partial charge < -0.3 is 4.74 Å². The van der Waals surface area contributed by atoms with Crippen molar-refractivity contribution in [2.24, 2.45) is 29.1 Å². The number of benzene rings is 1. The van der Waals surface area contributed by atoms with Crippen LogP contribution in [0.1, 0.15) is 74.2 Å². The maximum Gasteiger partial charge on any atom is 0.267 e. The molecular weight excluding hydrogens is 431 g/mol. The molecule has 5 unspecified atom stereocenters. The third kappa shape index (κ3) is 4.50. The zero-order valence-corrected chi connectivity index (χ0v) is 19.7. The van der Waals surface area contributed by atoms with Crippen LogP contribution in [0.3, 0.4) is 0 Å². The van der Waals surface area contributed by atoms with Crippen LogP contribution in [0.2, 0.25) is 0 Å². The standard InChI is InChI=1S/C24H31FN2O4S/c1-14-6-16-8-15(2)24(12-26,18(7-14)9-16)13-31-22-11-21(25)20(10-19(22)17-4-5-17)23(28)27-32(3,29)30/h10-11,14-18H,4-9,13H2,1-3H3,(H,27,28). The van der Waals surface area contributed by atoms with E-state index in [9.17, 15) is 22.9 Å². The molecule has 3 fully saturated rings. The topological polar surface area (TPSA) is 96.3 Å². The largest absolute Gasteiger partial charge is 0.491 e. The van der Waals surface area contributed by atoms with E-state index >= 15 is 0 Å². The number of nitrogens with one attached hydrogen (secondary N) is 1. The molecule has 3 aliphatic carbocycles. The van der Waals surface area contributed by atoms with Crippen molar-refractivity contribution < 1.29 is 22.3 Å². The van der Waals surface area contributed by atoms with Gasteiger partial charge in [-0.3, -0.25) is 4.79 Å². The summed E-state index contributed by atoms with van der Waals surface area (Å²) in [5, 5.41) is 10.2. The second-order valence-corrected chi connectivity index (χ2v) is 12.0. The number of carbonyl (C=O) groups excluding carboxylic acids is 1. The van der Waals surface area contributed by atoms with Crippen LogP contribution in [0.25, 0.3) is 0 Å². The van der Waals surface area contributed by atoms with Gasteiger partial charge in [0.2, 0.25) is 10.0 Å². The summed E-state index contributed by atoms with van der Waals surface area (Å²) >= 11 is 0. The van der Waals surface area contributed by atoms with Crippen LogP contribution in [-0.2, 0) is 10.0 Å². The summed E-state index contributed by atoms with van der Waals surface area (Å²) < 4.78 is 45.6. The highest BCUT2D eigenvalue weighted by Gasteiger charge is 2.52. The molecule has 32 heavy (non-hydrogen) atoms. The van der Waals surface area contributed by atoms with E-state index in [0.717, 1.165) is 38.4 Å².